The Morgan fingerprint density at radius 1 is 1.05 bits per heavy atom. The minimum Gasteiger partial charge on any atom is -0.467 e. The van der Waals surface area contributed by atoms with E-state index >= 15 is 0 Å². The van der Waals surface area contributed by atoms with E-state index in [9.17, 15) is 4.79 Å². The van der Waals surface area contributed by atoms with Crippen LogP contribution in [0.4, 0.5) is 0 Å². The third-order valence-electron chi connectivity index (χ3n) is 4.82. The number of hydrogen-bond donors (Lipinski definition) is 1. The van der Waals surface area contributed by atoms with Gasteiger partial charge >= 0.3 is 0 Å². The lowest BCUT2D eigenvalue weighted by Gasteiger charge is -2.02. The van der Waals surface area contributed by atoms with Crippen molar-refractivity contribution >= 4 is 5.91 Å². The van der Waals surface area contributed by atoms with Crippen molar-refractivity contribution in [2.75, 3.05) is 0 Å². The van der Waals surface area contributed by atoms with Crippen LogP contribution in [0.15, 0.2) is 47.1 Å². The summed E-state index contributed by atoms with van der Waals surface area (Å²) in [6.45, 7) is 0.502. The fourth-order valence-corrected chi connectivity index (χ4v) is 3.57. The fraction of sp³-hybridized carbons (Fsp3) is 0.526. The van der Waals surface area contributed by atoms with E-state index in [1.807, 2.05) is 12.1 Å². The fourth-order valence-electron chi connectivity index (χ4n) is 3.57. The summed E-state index contributed by atoms with van der Waals surface area (Å²) in [6.07, 6.45) is 17.5. The maximum Gasteiger partial charge on any atom is 0.224 e. The van der Waals surface area contributed by atoms with Gasteiger partial charge in [0, 0.05) is 5.92 Å². The Balaban J connectivity index is 1.53. The van der Waals surface area contributed by atoms with Gasteiger partial charge in [-0.1, -0.05) is 24.3 Å². The number of nitrogens with one attached hydrogen (secondary N) is 1. The number of carbonyl (C=O) groups excluding carboxylic acids is 1. The SMILES string of the molecule is O=C(NCc1ccco1)C1C2CCC=CCCC=CCCC21. The van der Waals surface area contributed by atoms with Crippen LogP contribution in [0.1, 0.15) is 44.3 Å². The van der Waals surface area contributed by atoms with E-state index in [1.165, 1.54) is 0 Å². The molecule has 1 aromatic heterocycles. The lowest BCUT2D eigenvalue weighted by molar-refractivity contribution is -0.123. The summed E-state index contributed by atoms with van der Waals surface area (Å²) in [5.74, 6) is 2.36. The lowest BCUT2D eigenvalue weighted by atomic mass is 10.1. The predicted octanol–water partition coefficient (Wildman–Crippen LogP) is 4.22. The average molecular weight is 299 g/mol. The molecule has 1 amide bonds. The molecule has 1 aromatic rings. The van der Waals surface area contributed by atoms with E-state index in [0.717, 1.165) is 44.3 Å². The first kappa shape index (κ1) is 15.1. The first-order valence-electron chi connectivity index (χ1n) is 8.46. The first-order chi connectivity index (χ1) is 10.9. The zero-order valence-corrected chi connectivity index (χ0v) is 13.0. The third kappa shape index (κ3) is 3.90. The molecule has 0 radical (unpaired) electrons. The molecule has 2 aliphatic carbocycles. The maximum absolute atomic E-state index is 12.4. The summed E-state index contributed by atoms with van der Waals surface area (Å²) in [6, 6.07) is 3.75. The van der Waals surface area contributed by atoms with Crippen LogP contribution in [0, 0.1) is 17.8 Å². The Bertz CT molecular complexity index is 506. The molecule has 1 saturated carbocycles. The number of carbonyl (C=O) groups is 1. The van der Waals surface area contributed by atoms with Gasteiger partial charge in [0.2, 0.25) is 5.91 Å². The van der Waals surface area contributed by atoms with Crippen LogP contribution in [0.2, 0.25) is 0 Å². The van der Waals surface area contributed by atoms with Gasteiger partial charge in [-0.2, -0.15) is 0 Å². The zero-order valence-electron chi connectivity index (χ0n) is 13.0. The van der Waals surface area contributed by atoms with E-state index in [1.54, 1.807) is 6.26 Å². The minimum atomic E-state index is 0.203. The molecule has 2 aliphatic rings. The monoisotopic (exact) mass is 299 g/mol. The van der Waals surface area contributed by atoms with Gasteiger partial charge in [-0.3, -0.25) is 4.79 Å². The first-order valence-corrected chi connectivity index (χ1v) is 8.46. The van der Waals surface area contributed by atoms with Gasteiger partial charge < -0.3 is 9.73 Å². The van der Waals surface area contributed by atoms with Crippen LogP contribution < -0.4 is 5.32 Å². The predicted molar refractivity (Wildman–Crippen MR) is 87.0 cm³/mol. The molecule has 22 heavy (non-hydrogen) atoms. The molecule has 0 aliphatic heterocycles. The smallest absolute Gasteiger partial charge is 0.224 e. The van der Waals surface area contributed by atoms with Gasteiger partial charge in [-0.15, -0.1) is 0 Å². The van der Waals surface area contributed by atoms with Crippen LogP contribution >= 0.6 is 0 Å². The largest absolute Gasteiger partial charge is 0.467 e. The number of amides is 1. The molecule has 0 saturated heterocycles. The Hall–Kier alpha value is -1.77. The summed E-state index contributed by atoms with van der Waals surface area (Å²) in [4.78, 5) is 12.4. The molecule has 2 unspecified atom stereocenters. The third-order valence-corrected chi connectivity index (χ3v) is 4.82. The average Bonchev–Trinajstić information content (AvgIpc) is 2.95. The van der Waals surface area contributed by atoms with Crippen molar-refractivity contribution in [1.82, 2.24) is 5.32 Å². The molecule has 1 fully saturated rings. The molecule has 0 spiro atoms. The van der Waals surface area contributed by atoms with Gasteiger partial charge in [0.05, 0.1) is 12.8 Å². The highest BCUT2D eigenvalue weighted by Gasteiger charge is 2.52. The molecular weight excluding hydrogens is 274 g/mol. The number of allylic oxidation sites excluding steroid dienone is 4. The Labute approximate surface area is 132 Å². The number of furan rings is 1. The van der Waals surface area contributed by atoms with E-state index in [2.05, 4.69) is 29.6 Å². The molecular formula is C19H25NO2. The number of rotatable bonds is 3. The van der Waals surface area contributed by atoms with Crippen LogP contribution in [-0.2, 0) is 11.3 Å². The summed E-state index contributed by atoms with van der Waals surface area (Å²) in [5, 5.41) is 3.03. The number of hydrogen-bond acceptors (Lipinski definition) is 2. The molecule has 1 N–H and O–H groups in total. The summed E-state index contributed by atoms with van der Waals surface area (Å²) in [7, 11) is 0. The zero-order chi connectivity index (χ0) is 15.2. The van der Waals surface area contributed by atoms with Crippen LogP contribution in [0.25, 0.3) is 0 Å². The molecule has 1 heterocycles. The highest BCUT2D eigenvalue weighted by Crippen LogP contribution is 2.52. The molecule has 0 aromatic carbocycles. The summed E-state index contributed by atoms with van der Waals surface area (Å²) >= 11 is 0. The van der Waals surface area contributed by atoms with E-state index in [0.29, 0.717) is 18.4 Å². The van der Waals surface area contributed by atoms with Gasteiger partial charge in [-0.25, -0.2) is 0 Å². The lowest BCUT2D eigenvalue weighted by Crippen LogP contribution is -2.25. The molecule has 3 heteroatoms. The van der Waals surface area contributed by atoms with Crippen molar-refractivity contribution < 1.29 is 9.21 Å². The number of fused-ring (bicyclic) bond motifs is 1. The van der Waals surface area contributed by atoms with Crippen molar-refractivity contribution in [3.63, 3.8) is 0 Å². The van der Waals surface area contributed by atoms with Crippen molar-refractivity contribution in [3.8, 4) is 0 Å². The van der Waals surface area contributed by atoms with Crippen molar-refractivity contribution in [1.29, 1.82) is 0 Å². The van der Waals surface area contributed by atoms with Gasteiger partial charge in [-0.05, 0) is 62.5 Å². The minimum absolute atomic E-state index is 0.203. The summed E-state index contributed by atoms with van der Waals surface area (Å²) < 4.78 is 5.27. The second-order valence-corrected chi connectivity index (χ2v) is 6.33. The molecule has 0 bridgehead atoms. The van der Waals surface area contributed by atoms with Crippen LogP contribution in [0.3, 0.4) is 0 Å². The second-order valence-electron chi connectivity index (χ2n) is 6.33. The normalized spacial score (nSPS) is 28.3. The summed E-state index contributed by atoms with van der Waals surface area (Å²) in [5.41, 5.74) is 0. The Morgan fingerprint density at radius 3 is 2.27 bits per heavy atom. The van der Waals surface area contributed by atoms with Crippen LogP contribution in [0.5, 0.6) is 0 Å². The molecule has 118 valence electrons. The van der Waals surface area contributed by atoms with Gasteiger partial charge in [0.25, 0.3) is 0 Å². The van der Waals surface area contributed by atoms with E-state index in [4.69, 9.17) is 4.42 Å². The van der Waals surface area contributed by atoms with Crippen molar-refractivity contribution in [2.45, 2.75) is 45.1 Å². The van der Waals surface area contributed by atoms with Gasteiger partial charge in [0.1, 0.15) is 5.76 Å². The maximum atomic E-state index is 12.4. The Kier molecular flexibility index (Phi) is 5.15. The quantitative estimate of drug-likeness (QED) is 0.849. The molecule has 3 nitrogen and oxygen atoms in total. The Morgan fingerprint density at radius 2 is 1.68 bits per heavy atom. The van der Waals surface area contributed by atoms with Gasteiger partial charge in [0.15, 0.2) is 0 Å². The van der Waals surface area contributed by atoms with Crippen molar-refractivity contribution in [3.05, 3.63) is 48.5 Å². The van der Waals surface area contributed by atoms with E-state index in [-0.39, 0.29) is 11.8 Å². The topological polar surface area (TPSA) is 42.2 Å². The standard InChI is InChI=1S/C19H25NO2/c21-19(20-14-15-10-9-13-22-15)18-16-11-7-5-3-1-2-4-6-8-12-17(16)18/h3-6,9-10,13,16-18H,1-2,7-8,11-12,14H2,(H,20,21). The van der Waals surface area contributed by atoms with Crippen molar-refractivity contribution in [2.24, 2.45) is 17.8 Å². The molecule has 3 rings (SSSR count). The molecule has 2 atom stereocenters. The van der Waals surface area contributed by atoms with Crippen LogP contribution in [-0.4, -0.2) is 5.91 Å². The highest BCUT2D eigenvalue weighted by molar-refractivity contribution is 5.82. The highest BCUT2D eigenvalue weighted by atomic mass is 16.3. The van der Waals surface area contributed by atoms with E-state index < -0.39 is 0 Å². The second kappa shape index (κ2) is 7.48.